The van der Waals surface area contributed by atoms with E-state index >= 15 is 0 Å². The summed E-state index contributed by atoms with van der Waals surface area (Å²) in [4.78, 5) is 2.44. The van der Waals surface area contributed by atoms with Crippen LogP contribution in [0.4, 0.5) is 0 Å². The molecule has 1 saturated heterocycles. The molecule has 1 atom stereocenters. The topological polar surface area (TPSA) is 55.7 Å². The molecule has 4 nitrogen and oxygen atoms in total. The van der Waals surface area contributed by atoms with E-state index < -0.39 is 0 Å². The van der Waals surface area contributed by atoms with Gasteiger partial charge in [0.15, 0.2) is 0 Å². The molecule has 1 aromatic rings. The maximum atomic E-state index is 9.68. The Morgan fingerprint density at radius 2 is 1.79 bits per heavy atom. The first-order valence-electron chi connectivity index (χ1n) is 7.18. The van der Waals surface area contributed by atoms with Crippen molar-refractivity contribution in [3.05, 3.63) is 23.8 Å². The van der Waals surface area contributed by atoms with Gasteiger partial charge in [0.25, 0.3) is 0 Å². The van der Waals surface area contributed by atoms with Crippen molar-refractivity contribution in [1.29, 1.82) is 0 Å². The molecule has 1 aliphatic rings. The number of nitrogens with one attached hydrogen (secondary N) is 1. The second-order valence-electron chi connectivity index (χ2n) is 5.23. The van der Waals surface area contributed by atoms with E-state index in [1.54, 1.807) is 12.1 Å². The van der Waals surface area contributed by atoms with Gasteiger partial charge >= 0.3 is 0 Å². The molecule has 1 aromatic carbocycles. The number of benzene rings is 1. The second-order valence-corrected chi connectivity index (χ2v) is 5.23. The Balaban J connectivity index is 2.19. The van der Waals surface area contributed by atoms with Crippen molar-refractivity contribution >= 4 is 0 Å². The highest BCUT2D eigenvalue weighted by Gasteiger charge is 2.22. The first kappa shape index (κ1) is 14.2. The smallest absolute Gasteiger partial charge is 0.119 e. The van der Waals surface area contributed by atoms with Crippen LogP contribution < -0.4 is 5.32 Å². The molecule has 4 heteroatoms. The standard InChI is InChI=1S/C15H24N2O2/c1-2-3-4-15(17-7-5-16-6-8-17)12-9-13(18)11-14(19)10-12/h9-11,15-16,18-19H,2-8H2,1H3/t15-/m1/s1. The lowest BCUT2D eigenvalue weighted by molar-refractivity contribution is 0.163. The average Bonchev–Trinajstić information content (AvgIpc) is 2.39. The van der Waals surface area contributed by atoms with Gasteiger partial charge in [-0.2, -0.15) is 0 Å². The van der Waals surface area contributed by atoms with Crippen molar-refractivity contribution in [2.45, 2.75) is 32.2 Å². The number of phenols is 2. The zero-order valence-corrected chi connectivity index (χ0v) is 11.6. The Morgan fingerprint density at radius 1 is 1.16 bits per heavy atom. The van der Waals surface area contributed by atoms with E-state index in [2.05, 4.69) is 17.1 Å². The quantitative estimate of drug-likeness (QED) is 0.763. The summed E-state index contributed by atoms with van der Waals surface area (Å²) in [5, 5.41) is 22.7. The summed E-state index contributed by atoms with van der Waals surface area (Å²) < 4.78 is 0. The van der Waals surface area contributed by atoms with Crippen LogP contribution in [-0.2, 0) is 0 Å². The summed E-state index contributed by atoms with van der Waals surface area (Å²) in [5.41, 5.74) is 1.02. The highest BCUT2D eigenvalue weighted by molar-refractivity contribution is 5.38. The molecule has 0 aliphatic carbocycles. The van der Waals surface area contributed by atoms with Gasteiger partial charge < -0.3 is 15.5 Å². The van der Waals surface area contributed by atoms with Gasteiger partial charge in [-0.15, -0.1) is 0 Å². The van der Waals surface area contributed by atoms with Crippen molar-refractivity contribution in [3.63, 3.8) is 0 Å². The van der Waals surface area contributed by atoms with E-state index in [0.29, 0.717) is 6.04 Å². The van der Waals surface area contributed by atoms with Crippen molar-refractivity contribution in [2.24, 2.45) is 0 Å². The minimum atomic E-state index is 0.145. The fourth-order valence-electron chi connectivity index (χ4n) is 2.76. The molecular formula is C15H24N2O2. The van der Waals surface area contributed by atoms with Crippen LogP contribution >= 0.6 is 0 Å². The minimum absolute atomic E-state index is 0.145. The zero-order chi connectivity index (χ0) is 13.7. The number of phenolic OH excluding ortho intramolecular Hbond substituents is 2. The predicted octanol–water partition coefficient (Wildman–Crippen LogP) is 2.23. The number of rotatable bonds is 5. The van der Waals surface area contributed by atoms with Crippen molar-refractivity contribution in [1.82, 2.24) is 10.2 Å². The fourth-order valence-corrected chi connectivity index (χ4v) is 2.76. The third-order valence-corrected chi connectivity index (χ3v) is 3.73. The molecule has 0 bridgehead atoms. The Kier molecular flexibility index (Phi) is 5.05. The Bertz CT molecular complexity index is 383. The molecule has 19 heavy (non-hydrogen) atoms. The number of hydrogen-bond donors (Lipinski definition) is 3. The van der Waals surface area contributed by atoms with Crippen LogP contribution in [0.3, 0.4) is 0 Å². The predicted molar refractivity (Wildman–Crippen MR) is 76.5 cm³/mol. The average molecular weight is 264 g/mol. The third-order valence-electron chi connectivity index (χ3n) is 3.73. The first-order valence-corrected chi connectivity index (χ1v) is 7.18. The molecule has 0 amide bonds. The van der Waals surface area contributed by atoms with E-state index in [1.807, 2.05) is 0 Å². The maximum absolute atomic E-state index is 9.68. The zero-order valence-electron chi connectivity index (χ0n) is 11.6. The largest absolute Gasteiger partial charge is 0.508 e. The van der Waals surface area contributed by atoms with Gasteiger partial charge in [0.2, 0.25) is 0 Å². The lowest BCUT2D eigenvalue weighted by atomic mass is 9.98. The highest BCUT2D eigenvalue weighted by atomic mass is 16.3. The van der Waals surface area contributed by atoms with Crippen molar-refractivity contribution in [2.75, 3.05) is 26.2 Å². The van der Waals surface area contributed by atoms with Crippen LogP contribution in [-0.4, -0.2) is 41.3 Å². The van der Waals surface area contributed by atoms with E-state index in [-0.39, 0.29) is 11.5 Å². The van der Waals surface area contributed by atoms with Gasteiger partial charge in [0, 0.05) is 38.3 Å². The molecule has 106 valence electrons. The van der Waals surface area contributed by atoms with Gasteiger partial charge in [0.1, 0.15) is 11.5 Å². The highest BCUT2D eigenvalue weighted by Crippen LogP contribution is 2.31. The summed E-state index contributed by atoms with van der Waals surface area (Å²) in [6.45, 7) is 6.24. The third kappa shape index (κ3) is 3.85. The number of nitrogens with zero attached hydrogens (tertiary/aromatic N) is 1. The number of piperazine rings is 1. The molecule has 2 rings (SSSR count). The summed E-state index contributed by atoms with van der Waals surface area (Å²) in [6.07, 6.45) is 3.39. The van der Waals surface area contributed by atoms with Crippen LogP contribution in [0.25, 0.3) is 0 Å². The van der Waals surface area contributed by atoms with Gasteiger partial charge in [-0.25, -0.2) is 0 Å². The minimum Gasteiger partial charge on any atom is -0.508 e. The number of unbranched alkanes of at least 4 members (excludes halogenated alkanes) is 1. The Morgan fingerprint density at radius 3 is 2.37 bits per heavy atom. The monoisotopic (exact) mass is 264 g/mol. The SMILES string of the molecule is CCCC[C@H](c1cc(O)cc(O)c1)N1CCNCC1. The molecule has 0 spiro atoms. The van der Waals surface area contributed by atoms with Gasteiger partial charge in [-0.3, -0.25) is 4.90 Å². The lowest BCUT2D eigenvalue weighted by Gasteiger charge is -2.35. The normalized spacial score (nSPS) is 18.4. The molecular weight excluding hydrogens is 240 g/mol. The van der Waals surface area contributed by atoms with E-state index in [9.17, 15) is 10.2 Å². The van der Waals surface area contributed by atoms with Crippen molar-refractivity contribution in [3.8, 4) is 11.5 Å². The van der Waals surface area contributed by atoms with Gasteiger partial charge in [-0.1, -0.05) is 19.8 Å². The molecule has 1 aliphatic heterocycles. The van der Waals surface area contributed by atoms with E-state index in [4.69, 9.17) is 0 Å². The summed E-state index contributed by atoms with van der Waals surface area (Å²) in [6, 6.07) is 5.24. The maximum Gasteiger partial charge on any atom is 0.119 e. The molecule has 3 N–H and O–H groups in total. The summed E-state index contributed by atoms with van der Waals surface area (Å²) in [7, 11) is 0. The van der Waals surface area contributed by atoms with Crippen LogP contribution in [0.2, 0.25) is 0 Å². The molecule has 0 radical (unpaired) electrons. The molecule has 1 heterocycles. The van der Waals surface area contributed by atoms with Crippen molar-refractivity contribution < 1.29 is 10.2 Å². The van der Waals surface area contributed by atoms with Crippen LogP contribution in [0.5, 0.6) is 11.5 Å². The van der Waals surface area contributed by atoms with Crippen LogP contribution in [0, 0.1) is 0 Å². The number of aromatic hydroxyl groups is 2. The van der Waals surface area contributed by atoms with E-state index in [1.165, 1.54) is 6.07 Å². The van der Waals surface area contributed by atoms with E-state index in [0.717, 1.165) is 51.0 Å². The molecule has 0 saturated carbocycles. The second kappa shape index (κ2) is 6.78. The van der Waals surface area contributed by atoms with Crippen LogP contribution in [0.1, 0.15) is 37.8 Å². The summed E-state index contributed by atoms with van der Waals surface area (Å²) >= 11 is 0. The Hall–Kier alpha value is -1.26. The molecule has 0 aromatic heterocycles. The van der Waals surface area contributed by atoms with Gasteiger partial charge in [0.05, 0.1) is 0 Å². The van der Waals surface area contributed by atoms with Gasteiger partial charge in [-0.05, 0) is 24.1 Å². The lowest BCUT2D eigenvalue weighted by Crippen LogP contribution is -2.45. The first-order chi connectivity index (χ1) is 9.20. The fraction of sp³-hybridized carbons (Fsp3) is 0.600. The number of hydrogen-bond acceptors (Lipinski definition) is 4. The Labute approximate surface area is 115 Å². The molecule has 0 unspecified atom stereocenters. The molecule has 1 fully saturated rings. The van der Waals surface area contributed by atoms with Crippen LogP contribution in [0.15, 0.2) is 18.2 Å². The summed E-state index contributed by atoms with van der Waals surface area (Å²) in [5.74, 6) is 0.290.